The van der Waals surface area contributed by atoms with Gasteiger partial charge in [-0.15, -0.1) is 0 Å². The van der Waals surface area contributed by atoms with E-state index < -0.39 is 0 Å². The molecule has 3 nitrogen and oxygen atoms in total. The van der Waals surface area contributed by atoms with Gasteiger partial charge in [0.15, 0.2) is 0 Å². The summed E-state index contributed by atoms with van der Waals surface area (Å²) in [6, 6.07) is 8.60. The summed E-state index contributed by atoms with van der Waals surface area (Å²) in [4.78, 5) is 0. The van der Waals surface area contributed by atoms with Crippen molar-refractivity contribution in [2.75, 3.05) is 5.32 Å². The normalized spacial score (nSPS) is 10.9. The van der Waals surface area contributed by atoms with Crippen LogP contribution in [0.25, 0.3) is 11.0 Å². The van der Waals surface area contributed by atoms with Gasteiger partial charge in [0.1, 0.15) is 16.9 Å². The first kappa shape index (κ1) is 13.7. The van der Waals surface area contributed by atoms with Crippen LogP contribution in [0, 0.1) is 5.82 Å². The van der Waals surface area contributed by atoms with E-state index in [0.717, 1.165) is 34.0 Å². The smallest absolute Gasteiger partial charge is 0.137 e. The summed E-state index contributed by atoms with van der Waals surface area (Å²) in [5.74, 6) is -0.288. The Hall–Kier alpha value is -1.24. The molecule has 102 valence electrons. The molecule has 0 aliphatic carbocycles. The van der Waals surface area contributed by atoms with Gasteiger partial charge in [0.2, 0.25) is 0 Å². The number of fused-ring (bicyclic) bond motifs is 1. The first-order valence-electron chi connectivity index (χ1n) is 5.74. The van der Waals surface area contributed by atoms with Crippen LogP contribution in [0.1, 0.15) is 5.56 Å². The highest BCUT2D eigenvalue weighted by molar-refractivity contribution is 9.10. The number of nitrogens with zero attached hydrogens (tertiary/aromatic N) is 2. The van der Waals surface area contributed by atoms with Crippen LogP contribution in [0.15, 0.2) is 34.8 Å². The Morgan fingerprint density at radius 2 is 2.10 bits per heavy atom. The second-order valence-electron chi connectivity index (χ2n) is 4.16. The van der Waals surface area contributed by atoms with Gasteiger partial charge in [0, 0.05) is 6.54 Å². The minimum absolute atomic E-state index is 0.288. The quantitative estimate of drug-likeness (QED) is 0.713. The molecule has 0 fully saturated rings. The number of hydrogen-bond donors (Lipinski definition) is 1. The first-order valence-corrected chi connectivity index (χ1v) is 7.64. The zero-order valence-electron chi connectivity index (χ0n) is 10.0. The highest BCUT2D eigenvalue weighted by atomic mass is 79.9. The molecular formula is C13H8BrClFN3S. The van der Waals surface area contributed by atoms with Crippen LogP contribution in [0.3, 0.4) is 0 Å². The second-order valence-corrected chi connectivity index (χ2v) is 5.95. The van der Waals surface area contributed by atoms with Crippen LogP contribution in [-0.2, 0) is 6.54 Å². The minimum Gasteiger partial charge on any atom is -0.378 e. The largest absolute Gasteiger partial charge is 0.378 e. The molecule has 1 N–H and O–H groups in total. The summed E-state index contributed by atoms with van der Waals surface area (Å²) in [7, 11) is 0. The zero-order chi connectivity index (χ0) is 14.1. The highest BCUT2D eigenvalue weighted by Crippen LogP contribution is 2.30. The number of nitrogens with one attached hydrogen (secondary N) is 1. The van der Waals surface area contributed by atoms with Gasteiger partial charge in [-0.25, -0.2) is 4.39 Å². The van der Waals surface area contributed by atoms with E-state index in [9.17, 15) is 4.39 Å². The molecule has 0 atom stereocenters. The zero-order valence-corrected chi connectivity index (χ0v) is 13.2. The summed E-state index contributed by atoms with van der Waals surface area (Å²) in [6.07, 6.45) is 0. The third kappa shape index (κ3) is 2.63. The third-order valence-corrected chi connectivity index (χ3v) is 4.33. The Kier molecular flexibility index (Phi) is 3.87. The lowest BCUT2D eigenvalue weighted by atomic mass is 10.2. The maximum atomic E-state index is 13.5. The van der Waals surface area contributed by atoms with Crippen molar-refractivity contribution in [3.8, 4) is 0 Å². The molecule has 0 spiro atoms. The van der Waals surface area contributed by atoms with Crippen LogP contribution in [0.5, 0.6) is 0 Å². The average molecular weight is 373 g/mol. The van der Waals surface area contributed by atoms with Gasteiger partial charge in [-0.2, -0.15) is 8.75 Å². The first-order chi connectivity index (χ1) is 9.65. The fourth-order valence-corrected chi connectivity index (χ4v) is 2.84. The van der Waals surface area contributed by atoms with Crippen molar-refractivity contribution in [3.05, 3.63) is 51.2 Å². The molecule has 3 rings (SSSR count). The van der Waals surface area contributed by atoms with Crippen molar-refractivity contribution in [1.29, 1.82) is 0 Å². The molecule has 0 radical (unpaired) electrons. The number of hydrogen-bond acceptors (Lipinski definition) is 4. The maximum Gasteiger partial charge on any atom is 0.137 e. The predicted octanol–water partition coefficient (Wildman–Crippen LogP) is 4.86. The van der Waals surface area contributed by atoms with Gasteiger partial charge in [-0.3, -0.25) is 0 Å². The van der Waals surface area contributed by atoms with E-state index in [1.807, 2.05) is 12.1 Å². The fraction of sp³-hybridized carbons (Fsp3) is 0.0769. The van der Waals surface area contributed by atoms with Gasteiger partial charge >= 0.3 is 0 Å². The molecule has 0 saturated heterocycles. The summed E-state index contributed by atoms with van der Waals surface area (Å²) >= 11 is 10.4. The molecule has 0 amide bonds. The molecular weight excluding hydrogens is 365 g/mol. The number of anilines is 1. The van der Waals surface area contributed by atoms with Crippen molar-refractivity contribution >= 4 is 56.0 Å². The minimum atomic E-state index is -0.288. The lowest BCUT2D eigenvalue weighted by Crippen LogP contribution is -2.01. The number of aromatic nitrogens is 2. The van der Waals surface area contributed by atoms with Gasteiger partial charge in [-0.05, 0) is 45.8 Å². The Bertz CT molecular complexity index is 777. The van der Waals surface area contributed by atoms with Gasteiger partial charge in [-0.1, -0.05) is 17.7 Å². The third-order valence-electron chi connectivity index (χ3n) is 2.83. The highest BCUT2D eigenvalue weighted by Gasteiger charge is 2.10. The van der Waals surface area contributed by atoms with Gasteiger partial charge in [0.25, 0.3) is 0 Å². The van der Waals surface area contributed by atoms with Gasteiger partial charge in [0.05, 0.1) is 26.9 Å². The van der Waals surface area contributed by atoms with E-state index in [1.54, 1.807) is 12.1 Å². The van der Waals surface area contributed by atoms with Crippen LogP contribution < -0.4 is 5.32 Å². The van der Waals surface area contributed by atoms with Crippen molar-refractivity contribution in [2.45, 2.75) is 6.54 Å². The van der Waals surface area contributed by atoms with Crippen molar-refractivity contribution in [2.24, 2.45) is 0 Å². The van der Waals surface area contributed by atoms with Crippen LogP contribution >= 0.6 is 39.3 Å². The molecule has 0 bridgehead atoms. The predicted molar refractivity (Wildman–Crippen MR) is 83.9 cm³/mol. The summed E-state index contributed by atoms with van der Waals surface area (Å²) in [5, 5.41) is 3.77. The van der Waals surface area contributed by atoms with E-state index in [-0.39, 0.29) is 5.82 Å². The molecule has 0 aliphatic rings. The van der Waals surface area contributed by atoms with E-state index in [2.05, 4.69) is 30.0 Å². The summed E-state index contributed by atoms with van der Waals surface area (Å²) in [6.45, 7) is 0.459. The van der Waals surface area contributed by atoms with E-state index in [4.69, 9.17) is 11.6 Å². The Balaban J connectivity index is 1.88. The lowest BCUT2D eigenvalue weighted by Gasteiger charge is -2.09. The molecule has 3 aromatic rings. The van der Waals surface area contributed by atoms with E-state index in [1.165, 1.54) is 6.07 Å². The average Bonchev–Trinajstić information content (AvgIpc) is 2.90. The lowest BCUT2D eigenvalue weighted by molar-refractivity contribution is 0.619. The van der Waals surface area contributed by atoms with Crippen LogP contribution in [-0.4, -0.2) is 8.75 Å². The van der Waals surface area contributed by atoms with Crippen LogP contribution in [0.2, 0.25) is 5.02 Å². The monoisotopic (exact) mass is 371 g/mol. The number of halogens is 3. The molecule has 0 aliphatic heterocycles. The van der Waals surface area contributed by atoms with Crippen molar-refractivity contribution < 1.29 is 4.39 Å². The number of benzene rings is 2. The number of rotatable bonds is 3. The van der Waals surface area contributed by atoms with E-state index >= 15 is 0 Å². The van der Waals surface area contributed by atoms with Crippen molar-refractivity contribution in [3.63, 3.8) is 0 Å². The molecule has 7 heteroatoms. The van der Waals surface area contributed by atoms with E-state index in [0.29, 0.717) is 16.0 Å². The molecule has 2 aromatic carbocycles. The maximum absolute atomic E-state index is 13.5. The molecule has 1 heterocycles. The Morgan fingerprint density at radius 3 is 2.90 bits per heavy atom. The topological polar surface area (TPSA) is 37.8 Å². The summed E-state index contributed by atoms with van der Waals surface area (Å²) in [5.41, 5.74) is 3.08. The summed E-state index contributed by atoms with van der Waals surface area (Å²) < 4.78 is 22.3. The standard InChI is InChI=1S/C13H8BrClFN3S/c14-8-2-1-7(5-10(8)16)6-17-12-9(15)3-4-11-13(12)19-20-18-11/h1-5,17H,6H2. The molecule has 20 heavy (non-hydrogen) atoms. The Morgan fingerprint density at radius 1 is 1.25 bits per heavy atom. The van der Waals surface area contributed by atoms with Crippen LogP contribution in [0.4, 0.5) is 10.1 Å². The Labute approximate surface area is 132 Å². The van der Waals surface area contributed by atoms with Gasteiger partial charge < -0.3 is 5.32 Å². The SMILES string of the molecule is Fc1cc(CNc2c(Cl)ccc3nsnc23)ccc1Br. The second kappa shape index (κ2) is 5.63. The molecule has 0 unspecified atom stereocenters. The van der Waals surface area contributed by atoms with Crippen molar-refractivity contribution in [1.82, 2.24) is 8.75 Å². The fourth-order valence-electron chi connectivity index (χ4n) is 1.84. The molecule has 0 saturated carbocycles. The molecule has 1 aromatic heterocycles.